The predicted molar refractivity (Wildman–Crippen MR) is 74.5 cm³/mol. The number of aromatic hydroxyl groups is 2. The first-order valence-corrected chi connectivity index (χ1v) is 6.53. The number of phenols is 2. The Kier molecular flexibility index (Phi) is 3.14. The van der Waals surface area contributed by atoms with E-state index in [1.54, 1.807) is 18.2 Å². The average Bonchev–Trinajstić information content (AvgIpc) is 2.47. The molecule has 0 bridgehead atoms. The highest BCUT2D eigenvalue weighted by Crippen LogP contribution is 2.45. The molecular formula is C16H16O4. The maximum atomic E-state index is 9.82. The second-order valence-corrected chi connectivity index (χ2v) is 4.84. The van der Waals surface area contributed by atoms with Crippen LogP contribution in [0.4, 0.5) is 0 Å². The monoisotopic (exact) mass is 272 g/mol. The van der Waals surface area contributed by atoms with E-state index >= 15 is 0 Å². The Morgan fingerprint density at radius 2 is 1.85 bits per heavy atom. The Morgan fingerprint density at radius 1 is 1.10 bits per heavy atom. The van der Waals surface area contributed by atoms with Crippen LogP contribution >= 0.6 is 0 Å². The van der Waals surface area contributed by atoms with E-state index in [0.717, 1.165) is 24.0 Å². The summed E-state index contributed by atoms with van der Waals surface area (Å²) >= 11 is 0. The average molecular weight is 272 g/mol. The molecule has 0 aliphatic carbocycles. The molecule has 20 heavy (non-hydrogen) atoms. The van der Waals surface area contributed by atoms with E-state index < -0.39 is 0 Å². The van der Waals surface area contributed by atoms with E-state index in [9.17, 15) is 10.2 Å². The van der Waals surface area contributed by atoms with Gasteiger partial charge in [-0.25, -0.2) is 0 Å². The van der Waals surface area contributed by atoms with Crippen LogP contribution in [-0.2, 0) is 6.42 Å². The standard InChI is InChI=1S/C16H16O4/c1-19-16-13(18)8-4-11-5-9-14(20-15(11)16)10-2-6-12(17)7-3-10/h2-4,6-8,14,17-18H,5,9H2,1H3. The van der Waals surface area contributed by atoms with Crippen molar-refractivity contribution in [2.75, 3.05) is 7.11 Å². The van der Waals surface area contributed by atoms with Gasteiger partial charge in [0.25, 0.3) is 0 Å². The smallest absolute Gasteiger partial charge is 0.203 e. The molecule has 3 rings (SSSR count). The summed E-state index contributed by atoms with van der Waals surface area (Å²) in [6.45, 7) is 0. The van der Waals surface area contributed by atoms with Crippen LogP contribution in [0.2, 0.25) is 0 Å². The Morgan fingerprint density at radius 3 is 2.55 bits per heavy atom. The van der Waals surface area contributed by atoms with Crippen LogP contribution in [0.25, 0.3) is 0 Å². The topological polar surface area (TPSA) is 58.9 Å². The van der Waals surface area contributed by atoms with Gasteiger partial charge in [0.1, 0.15) is 11.9 Å². The van der Waals surface area contributed by atoms with Crippen molar-refractivity contribution < 1.29 is 19.7 Å². The number of methoxy groups -OCH3 is 1. The van der Waals surface area contributed by atoms with Gasteiger partial charge in [-0.3, -0.25) is 0 Å². The second kappa shape index (κ2) is 4.96. The lowest BCUT2D eigenvalue weighted by Crippen LogP contribution is -2.15. The molecule has 1 aliphatic heterocycles. The third kappa shape index (κ3) is 2.13. The normalized spacial score (nSPS) is 17.1. The minimum Gasteiger partial charge on any atom is -0.508 e. The van der Waals surface area contributed by atoms with E-state index in [4.69, 9.17) is 9.47 Å². The number of benzene rings is 2. The van der Waals surface area contributed by atoms with Gasteiger partial charge in [0.15, 0.2) is 11.5 Å². The molecule has 1 atom stereocenters. The molecule has 1 heterocycles. The largest absolute Gasteiger partial charge is 0.508 e. The van der Waals surface area contributed by atoms with Crippen LogP contribution in [0.3, 0.4) is 0 Å². The summed E-state index contributed by atoms with van der Waals surface area (Å²) < 4.78 is 11.2. The SMILES string of the molecule is COc1c(O)ccc2c1OC(c1ccc(O)cc1)CC2. The summed E-state index contributed by atoms with van der Waals surface area (Å²) in [6, 6.07) is 10.5. The van der Waals surface area contributed by atoms with Gasteiger partial charge in [-0.05, 0) is 42.2 Å². The molecule has 0 radical (unpaired) electrons. The molecule has 0 fully saturated rings. The summed E-state index contributed by atoms with van der Waals surface area (Å²) in [6.07, 6.45) is 1.61. The Labute approximate surface area is 117 Å². The molecule has 0 amide bonds. The first kappa shape index (κ1) is 12.7. The van der Waals surface area contributed by atoms with Crippen molar-refractivity contribution in [2.45, 2.75) is 18.9 Å². The van der Waals surface area contributed by atoms with Crippen molar-refractivity contribution in [2.24, 2.45) is 0 Å². The molecule has 4 heteroatoms. The van der Waals surface area contributed by atoms with Crippen LogP contribution < -0.4 is 9.47 Å². The number of ether oxygens (including phenoxy) is 2. The highest BCUT2D eigenvalue weighted by atomic mass is 16.5. The minimum absolute atomic E-state index is 0.0811. The lowest BCUT2D eigenvalue weighted by atomic mass is 9.97. The quantitative estimate of drug-likeness (QED) is 0.881. The van der Waals surface area contributed by atoms with Crippen LogP contribution in [0.5, 0.6) is 23.0 Å². The van der Waals surface area contributed by atoms with Crippen LogP contribution in [0.15, 0.2) is 36.4 Å². The molecule has 0 spiro atoms. The zero-order chi connectivity index (χ0) is 14.1. The summed E-state index contributed by atoms with van der Waals surface area (Å²) in [5.74, 6) is 1.31. The van der Waals surface area contributed by atoms with Gasteiger partial charge in [0.05, 0.1) is 7.11 Å². The van der Waals surface area contributed by atoms with Gasteiger partial charge in [-0.15, -0.1) is 0 Å². The molecule has 0 saturated carbocycles. The zero-order valence-corrected chi connectivity index (χ0v) is 11.2. The van der Waals surface area contributed by atoms with Crippen LogP contribution in [-0.4, -0.2) is 17.3 Å². The summed E-state index contributed by atoms with van der Waals surface area (Å²) in [5.41, 5.74) is 2.04. The van der Waals surface area contributed by atoms with Gasteiger partial charge in [-0.2, -0.15) is 0 Å². The fourth-order valence-electron chi connectivity index (χ4n) is 2.53. The maximum Gasteiger partial charge on any atom is 0.203 e. The fourth-order valence-corrected chi connectivity index (χ4v) is 2.53. The summed E-state index contributed by atoms with van der Waals surface area (Å²) in [7, 11) is 1.52. The molecule has 1 aliphatic rings. The lowest BCUT2D eigenvalue weighted by Gasteiger charge is -2.28. The maximum absolute atomic E-state index is 9.82. The summed E-state index contributed by atoms with van der Waals surface area (Å²) in [4.78, 5) is 0. The fraction of sp³-hybridized carbons (Fsp3) is 0.250. The minimum atomic E-state index is -0.0983. The number of hydrogen-bond acceptors (Lipinski definition) is 4. The van der Waals surface area contributed by atoms with E-state index in [1.807, 2.05) is 18.2 Å². The molecular weight excluding hydrogens is 256 g/mol. The van der Waals surface area contributed by atoms with Gasteiger partial charge >= 0.3 is 0 Å². The van der Waals surface area contributed by atoms with Crippen molar-refractivity contribution in [3.63, 3.8) is 0 Å². The highest BCUT2D eigenvalue weighted by molar-refractivity contribution is 5.56. The van der Waals surface area contributed by atoms with Crippen LogP contribution in [0, 0.1) is 0 Å². The molecule has 0 aromatic heterocycles. The first-order chi connectivity index (χ1) is 9.69. The zero-order valence-electron chi connectivity index (χ0n) is 11.2. The van der Waals surface area contributed by atoms with Crippen LogP contribution in [0.1, 0.15) is 23.7 Å². The van der Waals surface area contributed by atoms with E-state index in [-0.39, 0.29) is 17.6 Å². The third-order valence-electron chi connectivity index (χ3n) is 3.58. The van der Waals surface area contributed by atoms with Crippen molar-refractivity contribution >= 4 is 0 Å². The lowest BCUT2D eigenvalue weighted by molar-refractivity contribution is 0.167. The highest BCUT2D eigenvalue weighted by Gasteiger charge is 2.25. The van der Waals surface area contributed by atoms with E-state index in [1.165, 1.54) is 7.11 Å². The summed E-state index contributed by atoms with van der Waals surface area (Å²) in [5, 5.41) is 19.2. The van der Waals surface area contributed by atoms with Crippen molar-refractivity contribution in [1.29, 1.82) is 0 Å². The van der Waals surface area contributed by atoms with Crippen molar-refractivity contribution in [3.05, 3.63) is 47.5 Å². The van der Waals surface area contributed by atoms with Crippen molar-refractivity contribution in [3.8, 4) is 23.0 Å². The molecule has 0 saturated heterocycles. The molecule has 2 aromatic carbocycles. The van der Waals surface area contributed by atoms with E-state index in [2.05, 4.69) is 0 Å². The van der Waals surface area contributed by atoms with Gasteiger partial charge in [0.2, 0.25) is 5.75 Å². The Bertz CT molecular complexity index is 619. The van der Waals surface area contributed by atoms with Gasteiger partial charge in [0, 0.05) is 0 Å². The first-order valence-electron chi connectivity index (χ1n) is 6.53. The third-order valence-corrected chi connectivity index (χ3v) is 3.58. The molecule has 2 aromatic rings. The number of hydrogen-bond donors (Lipinski definition) is 2. The van der Waals surface area contributed by atoms with Gasteiger partial charge in [-0.1, -0.05) is 18.2 Å². The molecule has 1 unspecified atom stereocenters. The second-order valence-electron chi connectivity index (χ2n) is 4.84. The number of phenolic OH excluding ortho intramolecular Hbond substituents is 2. The Hall–Kier alpha value is -2.36. The Balaban J connectivity index is 1.95. The van der Waals surface area contributed by atoms with Gasteiger partial charge < -0.3 is 19.7 Å². The molecule has 2 N–H and O–H groups in total. The number of rotatable bonds is 2. The number of fused-ring (bicyclic) bond motifs is 1. The van der Waals surface area contributed by atoms with Crippen molar-refractivity contribution in [1.82, 2.24) is 0 Å². The van der Waals surface area contributed by atoms with E-state index in [0.29, 0.717) is 11.5 Å². The molecule has 104 valence electrons. The molecule has 4 nitrogen and oxygen atoms in total. The predicted octanol–water partition coefficient (Wildman–Crippen LogP) is 3.17. The number of aryl methyl sites for hydroxylation is 1.